The Balaban J connectivity index is 1.92. The number of sulfonamides is 1. The third kappa shape index (κ3) is 4.40. The van der Waals surface area contributed by atoms with Crippen molar-refractivity contribution in [1.29, 1.82) is 0 Å². The third-order valence-electron chi connectivity index (χ3n) is 3.70. The number of hydrogen-bond donors (Lipinski definition) is 1. The van der Waals surface area contributed by atoms with Crippen molar-refractivity contribution in [3.05, 3.63) is 22.3 Å². The van der Waals surface area contributed by atoms with Crippen LogP contribution < -0.4 is 5.32 Å². The number of nitrogens with one attached hydrogen (secondary N) is 1. The van der Waals surface area contributed by atoms with E-state index in [0.29, 0.717) is 19.5 Å². The normalized spacial score (nSPS) is 17.9. The van der Waals surface area contributed by atoms with E-state index in [9.17, 15) is 8.42 Å². The molecule has 0 radical (unpaired) electrons. The molecule has 0 amide bonds. The van der Waals surface area contributed by atoms with E-state index in [0.717, 1.165) is 28.7 Å². The number of hydrogen-bond acceptors (Lipinski definition) is 4. The fourth-order valence-corrected chi connectivity index (χ4v) is 4.54. The largest absolute Gasteiger partial charge is 0.367 e. The van der Waals surface area contributed by atoms with Gasteiger partial charge in [0.05, 0.1) is 5.75 Å². The Hall–Kier alpha value is -0.660. The Morgan fingerprint density at radius 1 is 1.43 bits per heavy atom. The number of halogens is 1. The molecule has 0 aliphatic carbocycles. The summed E-state index contributed by atoms with van der Waals surface area (Å²) in [5.41, 5.74) is 1.09. The molecule has 1 aliphatic rings. The SMILES string of the molecule is CCCS(=O)(=O)N1CCC(Nc2ncc(Br)cc2C)CC1. The molecule has 5 nitrogen and oxygen atoms in total. The van der Waals surface area contributed by atoms with E-state index in [2.05, 4.69) is 26.2 Å². The maximum atomic E-state index is 12.0. The van der Waals surface area contributed by atoms with E-state index in [4.69, 9.17) is 0 Å². The van der Waals surface area contributed by atoms with Crippen LogP contribution in [0.2, 0.25) is 0 Å². The molecule has 2 rings (SSSR count). The summed E-state index contributed by atoms with van der Waals surface area (Å²) in [4.78, 5) is 4.38. The summed E-state index contributed by atoms with van der Waals surface area (Å²) < 4.78 is 26.6. The van der Waals surface area contributed by atoms with E-state index in [1.165, 1.54) is 0 Å². The number of aryl methyl sites for hydroxylation is 1. The number of aromatic nitrogens is 1. The second-order valence-electron chi connectivity index (χ2n) is 5.45. The van der Waals surface area contributed by atoms with Crippen LogP contribution in [-0.2, 0) is 10.0 Å². The number of anilines is 1. The van der Waals surface area contributed by atoms with Crippen molar-refractivity contribution >= 4 is 31.8 Å². The summed E-state index contributed by atoms with van der Waals surface area (Å²) >= 11 is 3.40. The number of rotatable bonds is 5. The van der Waals surface area contributed by atoms with E-state index in [1.54, 1.807) is 10.5 Å². The van der Waals surface area contributed by atoms with Crippen LogP contribution in [0.4, 0.5) is 5.82 Å². The topological polar surface area (TPSA) is 62.3 Å². The molecule has 118 valence electrons. The summed E-state index contributed by atoms with van der Waals surface area (Å²) in [5.74, 6) is 1.13. The first-order valence-electron chi connectivity index (χ1n) is 7.29. The Labute approximate surface area is 135 Å². The van der Waals surface area contributed by atoms with Gasteiger partial charge in [-0.05, 0) is 53.7 Å². The molecule has 0 aromatic carbocycles. The van der Waals surface area contributed by atoms with E-state index in [1.807, 2.05) is 19.9 Å². The lowest BCUT2D eigenvalue weighted by molar-refractivity contribution is 0.329. The number of piperidine rings is 1. The maximum absolute atomic E-state index is 12.0. The molecule has 1 aliphatic heterocycles. The van der Waals surface area contributed by atoms with Crippen molar-refractivity contribution in [1.82, 2.24) is 9.29 Å². The second kappa shape index (κ2) is 7.07. The molecule has 0 atom stereocenters. The first-order valence-corrected chi connectivity index (χ1v) is 9.69. The number of pyridine rings is 1. The van der Waals surface area contributed by atoms with Gasteiger partial charge in [-0.2, -0.15) is 0 Å². The van der Waals surface area contributed by atoms with Crippen LogP contribution in [0.15, 0.2) is 16.7 Å². The summed E-state index contributed by atoms with van der Waals surface area (Å²) in [6, 6.07) is 2.31. The lowest BCUT2D eigenvalue weighted by Crippen LogP contribution is -2.43. The van der Waals surface area contributed by atoms with Crippen LogP contribution in [0, 0.1) is 6.92 Å². The minimum atomic E-state index is -3.06. The van der Waals surface area contributed by atoms with Crippen LogP contribution >= 0.6 is 15.9 Å². The van der Waals surface area contributed by atoms with Gasteiger partial charge in [0.1, 0.15) is 5.82 Å². The predicted molar refractivity (Wildman–Crippen MR) is 89.0 cm³/mol. The fraction of sp³-hybridized carbons (Fsp3) is 0.643. The molecule has 0 saturated carbocycles. The molecule has 1 aromatic rings. The highest BCUT2D eigenvalue weighted by molar-refractivity contribution is 9.10. The minimum absolute atomic E-state index is 0.248. The highest BCUT2D eigenvalue weighted by Crippen LogP contribution is 2.21. The molecule has 0 unspecified atom stereocenters. The Morgan fingerprint density at radius 2 is 2.10 bits per heavy atom. The van der Waals surface area contributed by atoms with E-state index >= 15 is 0 Å². The van der Waals surface area contributed by atoms with Gasteiger partial charge in [0.25, 0.3) is 0 Å². The van der Waals surface area contributed by atoms with Gasteiger partial charge in [0.2, 0.25) is 10.0 Å². The van der Waals surface area contributed by atoms with Crippen molar-refractivity contribution in [3.8, 4) is 0 Å². The van der Waals surface area contributed by atoms with Crippen LogP contribution in [-0.4, -0.2) is 42.6 Å². The van der Waals surface area contributed by atoms with Gasteiger partial charge in [-0.3, -0.25) is 0 Å². The maximum Gasteiger partial charge on any atom is 0.214 e. The summed E-state index contributed by atoms with van der Waals surface area (Å²) in [6.45, 7) is 5.10. The molecule has 0 spiro atoms. The molecule has 7 heteroatoms. The van der Waals surface area contributed by atoms with Gasteiger partial charge in [0.15, 0.2) is 0 Å². The predicted octanol–water partition coefficient (Wildman–Crippen LogP) is 2.77. The highest BCUT2D eigenvalue weighted by Gasteiger charge is 2.27. The fourth-order valence-electron chi connectivity index (χ4n) is 2.55. The lowest BCUT2D eigenvalue weighted by Gasteiger charge is -2.32. The average Bonchev–Trinajstić information content (AvgIpc) is 2.42. The minimum Gasteiger partial charge on any atom is -0.367 e. The molecular formula is C14H22BrN3O2S. The zero-order chi connectivity index (χ0) is 15.5. The standard InChI is InChI=1S/C14H22BrN3O2S/c1-3-8-21(19,20)18-6-4-13(5-7-18)17-14-11(2)9-12(15)10-16-14/h9-10,13H,3-8H2,1-2H3,(H,16,17). The van der Waals surface area contributed by atoms with Gasteiger partial charge < -0.3 is 5.32 Å². The van der Waals surface area contributed by atoms with Crippen LogP contribution in [0.1, 0.15) is 31.7 Å². The van der Waals surface area contributed by atoms with Gasteiger partial charge in [0, 0.05) is 29.8 Å². The zero-order valence-electron chi connectivity index (χ0n) is 12.5. The zero-order valence-corrected chi connectivity index (χ0v) is 14.9. The smallest absolute Gasteiger partial charge is 0.214 e. The van der Waals surface area contributed by atoms with Crippen LogP contribution in [0.3, 0.4) is 0 Å². The first kappa shape index (κ1) is 16.7. The molecular weight excluding hydrogens is 354 g/mol. The van der Waals surface area contributed by atoms with Crippen molar-refractivity contribution in [2.45, 2.75) is 39.2 Å². The molecule has 1 saturated heterocycles. The van der Waals surface area contributed by atoms with Gasteiger partial charge >= 0.3 is 0 Å². The monoisotopic (exact) mass is 375 g/mol. The lowest BCUT2D eigenvalue weighted by atomic mass is 10.1. The Kier molecular flexibility index (Phi) is 5.62. The third-order valence-corrected chi connectivity index (χ3v) is 6.20. The molecule has 2 heterocycles. The van der Waals surface area contributed by atoms with Gasteiger partial charge in [-0.1, -0.05) is 6.92 Å². The summed E-state index contributed by atoms with van der Waals surface area (Å²) in [7, 11) is -3.06. The van der Waals surface area contributed by atoms with E-state index < -0.39 is 10.0 Å². The van der Waals surface area contributed by atoms with Crippen molar-refractivity contribution < 1.29 is 8.42 Å². The summed E-state index contributed by atoms with van der Waals surface area (Å²) in [5, 5.41) is 3.43. The average molecular weight is 376 g/mol. The quantitative estimate of drug-likeness (QED) is 0.859. The van der Waals surface area contributed by atoms with Crippen molar-refractivity contribution in [3.63, 3.8) is 0 Å². The highest BCUT2D eigenvalue weighted by atomic mass is 79.9. The summed E-state index contributed by atoms with van der Waals surface area (Å²) in [6.07, 6.45) is 4.08. The Morgan fingerprint density at radius 3 is 2.67 bits per heavy atom. The Bertz CT molecular complexity index is 584. The molecule has 1 fully saturated rings. The van der Waals surface area contributed by atoms with Crippen LogP contribution in [0.25, 0.3) is 0 Å². The van der Waals surface area contributed by atoms with E-state index in [-0.39, 0.29) is 11.8 Å². The number of nitrogens with zero attached hydrogens (tertiary/aromatic N) is 2. The first-order chi connectivity index (χ1) is 9.92. The molecule has 1 N–H and O–H groups in total. The van der Waals surface area contributed by atoms with Gasteiger partial charge in [-0.15, -0.1) is 0 Å². The van der Waals surface area contributed by atoms with Gasteiger partial charge in [-0.25, -0.2) is 17.7 Å². The molecule has 21 heavy (non-hydrogen) atoms. The van der Waals surface area contributed by atoms with Crippen LogP contribution in [0.5, 0.6) is 0 Å². The molecule has 1 aromatic heterocycles. The second-order valence-corrected chi connectivity index (χ2v) is 8.46. The van der Waals surface area contributed by atoms with Crippen molar-refractivity contribution in [2.24, 2.45) is 0 Å². The molecule has 0 bridgehead atoms. The van der Waals surface area contributed by atoms with Crippen molar-refractivity contribution in [2.75, 3.05) is 24.2 Å².